The standard InChI is InChI=1S/C19H26N4OS/c1-13-6-5-7-14(2)18(13)21-17(24)12-25-19-20-16(22-23-19)11-10-15-8-3-4-9-15/h5-7,15H,3-4,8-12H2,1-2H3,(H,21,24)(H,20,22,23). The summed E-state index contributed by atoms with van der Waals surface area (Å²) in [6, 6.07) is 6.00. The zero-order valence-corrected chi connectivity index (χ0v) is 15.8. The number of H-pyrrole nitrogens is 1. The largest absolute Gasteiger partial charge is 0.325 e. The van der Waals surface area contributed by atoms with E-state index in [1.54, 1.807) is 0 Å². The fourth-order valence-corrected chi connectivity index (χ4v) is 4.03. The van der Waals surface area contributed by atoms with Crippen LogP contribution in [0, 0.1) is 19.8 Å². The lowest BCUT2D eigenvalue weighted by Crippen LogP contribution is -2.15. The van der Waals surface area contributed by atoms with Crippen LogP contribution in [0.25, 0.3) is 0 Å². The van der Waals surface area contributed by atoms with Crippen molar-refractivity contribution >= 4 is 23.4 Å². The first-order chi connectivity index (χ1) is 12.1. The first-order valence-electron chi connectivity index (χ1n) is 9.02. The maximum Gasteiger partial charge on any atom is 0.234 e. The van der Waals surface area contributed by atoms with Gasteiger partial charge >= 0.3 is 0 Å². The number of aryl methyl sites for hydroxylation is 3. The molecule has 3 rings (SSSR count). The van der Waals surface area contributed by atoms with E-state index in [2.05, 4.69) is 20.5 Å². The van der Waals surface area contributed by atoms with Crippen molar-refractivity contribution in [2.24, 2.45) is 5.92 Å². The Morgan fingerprint density at radius 1 is 1.28 bits per heavy atom. The maximum atomic E-state index is 12.2. The van der Waals surface area contributed by atoms with Crippen molar-refractivity contribution in [2.75, 3.05) is 11.1 Å². The lowest BCUT2D eigenvalue weighted by Gasteiger charge is -2.10. The average molecular weight is 359 g/mol. The summed E-state index contributed by atoms with van der Waals surface area (Å²) in [6.07, 6.45) is 7.59. The summed E-state index contributed by atoms with van der Waals surface area (Å²) in [5.74, 6) is 2.07. The zero-order chi connectivity index (χ0) is 17.6. The molecular formula is C19H26N4OS. The van der Waals surface area contributed by atoms with Gasteiger partial charge in [0.15, 0.2) is 0 Å². The number of carbonyl (C=O) groups is 1. The van der Waals surface area contributed by atoms with Gasteiger partial charge in [-0.2, -0.15) is 0 Å². The number of para-hydroxylation sites is 1. The molecule has 0 unspecified atom stereocenters. The SMILES string of the molecule is Cc1cccc(C)c1NC(=O)CSc1n[nH]c(CCC2CCCC2)n1. The molecule has 0 atom stereocenters. The number of rotatable bonds is 7. The number of anilines is 1. The fourth-order valence-electron chi connectivity index (χ4n) is 3.41. The number of amides is 1. The van der Waals surface area contributed by atoms with Gasteiger partial charge in [-0.3, -0.25) is 9.89 Å². The molecule has 134 valence electrons. The number of aromatic amines is 1. The molecule has 0 bridgehead atoms. The van der Waals surface area contributed by atoms with Crippen LogP contribution in [-0.2, 0) is 11.2 Å². The number of thioether (sulfide) groups is 1. The number of hydrogen-bond donors (Lipinski definition) is 2. The molecule has 1 aromatic carbocycles. The van der Waals surface area contributed by atoms with Crippen LogP contribution >= 0.6 is 11.8 Å². The minimum absolute atomic E-state index is 0.0281. The van der Waals surface area contributed by atoms with Gasteiger partial charge in [0.2, 0.25) is 11.1 Å². The van der Waals surface area contributed by atoms with E-state index in [1.807, 2.05) is 32.0 Å². The molecule has 0 spiro atoms. The molecule has 2 N–H and O–H groups in total. The number of carbonyl (C=O) groups excluding carboxylic acids is 1. The first-order valence-corrected chi connectivity index (χ1v) is 10.0. The zero-order valence-electron chi connectivity index (χ0n) is 15.0. The van der Waals surface area contributed by atoms with E-state index < -0.39 is 0 Å². The van der Waals surface area contributed by atoms with Crippen LogP contribution in [0.1, 0.15) is 49.1 Å². The summed E-state index contributed by atoms with van der Waals surface area (Å²) >= 11 is 1.37. The van der Waals surface area contributed by atoms with Crippen LogP contribution in [0.15, 0.2) is 23.4 Å². The topological polar surface area (TPSA) is 70.7 Å². The lowest BCUT2D eigenvalue weighted by molar-refractivity contribution is -0.113. The molecule has 25 heavy (non-hydrogen) atoms. The van der Waals surface area contributed by atoms with E-state index in [-0.39, 0.29) is 5.91 Å². The van der Waals surface area contributed by atoms with E-state index in [0.29, 0.717) is 10.9 Å². The molecule has 1 heterocycles. The number of nitrogens with one attached hydrogen (secondary N) is 2. The summed E-state index contributed by atoms with van der Waals surface area (Å²) in [5.41, 5.74) is 3.05. The van der Waals surface area contributed by atoms with Crippen molar-refractivity contribution in [2.45, 2.75) is 57.5 Å². The molecule has 2 aromatic rings. The highest BCUT2D eigenvalue weighted by Gasteiger charge is 2.16. The second-order valence-corrected chi connectivity index (χ2v) is 7.80. The molecule has 0 radical (unpaired) electrons. The molecule has 1 saturated carbocycles. The predicted octanol–water partition coefficient (Wildman–Crippen LogP) is 4.28. The molecule has 6 heteroatoms. The van der Waals surface area contributed by atoms with Gasteiger partial charge in [-0.05, 0) is 37.3 Å². The van der Waals surface area contributed by atoms with Crippen molar-refractivity contribution < 1.29 is 4.79 Å². The number of aromatic nitrogens is 3. The van der Waals surface area contributed by atoms with Crippen LogP contribution in [-0.4, -0.2) is 26.8 Å². The molecular weight excluding hydrogens is 332 g/mol. The second kappa shape index (κ2) is 8.52. The Hall–Kier alpha value is -1.82. The molecule has 5 nitrogen and oxygen atoms in total. The van der Waals surface area contributed by atoms with Gasteiger partial charge in [0, 0.05) is 12.1 Å². The minimum Gasteiger partial charge on any atom is -0.325 e. The van der Waals surface area contributed by atoms with Crippen molar-refractivity contribution in [3.63, 3.8) is 0 Å². The van der Waals surface area contributed by atoms with Gasteiger partial charge in [0.05, 0.1) is 5.75 Å². The Kier molecular flexibility index (Phi) is 6.13. The fraction of sp³-hybridized carbons (Fsp3) is 0.526. The molecule has 1 aromatic heterocycles. The van der Waals surface area contributed by atoms with E-state index in [1.165, 1.54) is 43.9 Å². The highest BCUT2D eigenvalue weighted by Crippen LogP contribution is 2.28. The molecule has 1 aliphatic rings. The summed E-state index contributed by atoms with van der Waals surface area (Å²) in [4.78, 5) is 16.7. The van der Waals surface area contributed by atoms with Crippen LogP contribution < -0.4 is 5.32 Å². The monoisotopic (exact) mass is 358 g/mol. The van der Waals surface area contributed by atoms with Gasteiger partial charge in [-0.25, -0.2) is 4.98 Å². The molecule has 0 saturated heterocycles. The van der Waals surface area contributed by atoms with Gasteiger partial charge in [0.25, 0.3) is 0 Å². The van der Waals surface area contributed by atoms with Crippen molar-refractivity contribution in [1.29, 1.82) is 0 Å². The predicted molar refractivity (Wildman–Crippen MR) is 102 cm³/mol. The van der Waals surface area contributed by atoms with Crippen LogP contribution in [0.4, 0.5) is 5.69 Å². The van der Waals surface area contributed by atoms with Crippen LogP contribution in [0.3, 0.4) is 0 Å². The summed E-state index contributed by atoms with van der Waals surface area (Å²) < 4.78 is 0. The van der Waals surface area contributed by atoms with Crippen molar-refractivity contribution in [1.82, 2.24) is 15.2 Å². The Morgan fingerprint density at radius 3 is 2.72 bits per heavy atom. The Balaban J connectivity index is 1.46. The quantitative estimate of drug-likeness (QED) is 0.725. The van der Waals surface area contributed by atoms with Crippen molar-refractivity contribution in [3.8, 4) is 0 Å². The Labute approximate surface area is 153 Å². The summed E-state index contributed by atoms with van der Waals surface area (Å²) in [5, 5.41) is 10.9. The summed E-state index contributed by atoms with van der Waals surface area (Å²) in [7, 11) is 0. The van der Waals surface area contributed by atoms with Gasteiger partial charge in [0.1, 0.15) is 5.82 Å². The van der Waals surface area contributed by atoms with Gasteiger partial charge < -0.3 is 5.32 Å². The minimum atomic E-state index is -0.0281. The van der Waals surface area contributed by atoms with E-state index in [9.17, 15) is 4.79 Å². The Bertz CT molecular complexity index is 702. The molecule has 0 aliphatic heterocycles. The second-order valence-electron chi connectivity index (χ2n) is 6.86. The number of benzene rings is 1. The van der Waals surface area contributed by atoms with Crippen LogP contribution in [0.5, 0.6) is 0 Å². The van der Waals surface area contributed by atoms with Gasteiger partial charge in [-0.15, -0.1) is 5.10 Å². The lowest BCUT2D eigenvalue weighted by atomic mass is 10.0. The van der Waals surface area contributed by atoms with Crippen LogP contribution in [0.2, 0.25) is 0 Å². The third-order valence-electron chi connectivity index (χ3n) is 4.85. The van der Waals surface area contributed by atoms with Crippen molar-refractivity contribution in [3.05, 3.63) is 35.2 Å². The Morgan fingerprint density at radius 2 is 2.00 bits per heavy atom. The van der Waals surface area contributed by atoms with Gasteiger partial charge in [-0.1, -0.05) is 55.6 Å². The summed E-state index contributed by atoms with van der Waals surface area (Å²) in [6.45, 7) is 4.00. The number of nitrogens with zero attached hydrogens (tertiary/aromatic N) is 2. The highest BCUT2D eigenvalue weighted by molar-refractivity contribution is 7.99. The van der Waals surface area contributed by atoms with E-state index >= 15 is 0 Å². The maximum absolute atomic E-state index is 12.2. The molecule has 1 fully saturated rings. The molecule has 1 amide bonds. The third kappa shape index (κ3) is 5.08. The average Bonchev–Trinajstić information content (AvgIpc) is 3.26. The highest BCUT2D eigenvalue weighted by atomic mass is 32.2. The number of hydrogen-bond acceptors (Lipinski definition) is 4. The van der Waals surface area contributed by atoms with E-state index in [4.69, 9.17) is 0 Å². The first kappa shape index (κ1) is 18.0. The third-order valence-corrected chi connectivity index (χ3v) is 5.70. The smallest absolute Gasteiger partial charge is 0.234 e. The molecule has 1 aliphatic carbocycles. The van der Waals surface area contributed by atoms with E-state index in [0.717, 1.165) is 35.0 Å². The normalized spacial score (nSPS) is 14.8.